The fourth-order valence-electron chi connectivity index (χ4n) is 3.17. The Morgan fingerprint density at radius 2 is 2.22 bits per heavy atom. The normalized spacial score (nSPS) is 19.3. The summed E-state index contributed by atoms with van der Waals surface area (Å²) in [4.78, 5) is 16.8. The molecule has 0 aliphatic carbocycles. The largest absolute Gasteiger partial charge is 0.487 e. The minimum Gasteiger partial charge on any atom is -0.487 e. The highest BCUT2D eigenvalue weighted by molar-refractivity contribution is 5.94. The molecule has 1 aliphatic heterocycles. The van der Waals surface area contributed by atoms with Crippen molar-refractivity contribution in [3.8, 4) is 5.75 Å². The van der Waals surface area contributed by atoms with Gasteiger partial charge in [0.15, 0.2) is 0 Å². The van der Waals surface area contributed by atoms with Gasteiger partial charge in [-0.1, -0.05) is 12.1 Å². The van der Waals surface area contributed by atoms with Gasteiger partial charge in [-0.2, -0.15) is 0 Å². The van der Waals surface area contributed by atoms with E-state index in [1.165, 1.54) is 0 Å². The molecule has 0 spiro atoms. The molecule has 0 bridgehead atoms. The number of nitrogens with one attached hydrogen (secondary N) is 1. The maximum absolute atomic E-state index is 12.3. The van der Waals surface area contributed by atoms with E-state index in [-0.39, 0.29) is 12.0 Å². The summed E-state index contributed by atoms with van der Waals surface area (Å²) in [6.07, 6.45) is 4.92. The number of ether oxygens (including phenoxy) is 2. The number of hydrogen-bond acceptors (Lipinski definition) is 5. The molecule has 1 saturated heterocycles. The van der Waals surface area contributed by atoms with Gasteiger partial charge in [0.05, 0.1) is 11.8 Å². The third-order valence-corrected chi connectivity index (χ3v) is 4.57. The van der Waals surface area contributed by atoms with Crippen LogP contribution >= 0.6 is 0 Å². The summed E-state index contributed by atoms with van der Waals surface area (Å²) < 4.78 is 13.4. The number of hydrogen-bond donors (Lipinski definition) is 2. The zero-order chi connectivity index (χ0) is 18.6. The maximum atomic E-state index is 12.3. The van der Waals surface area contributed by atoms with Crippen LogP contribution in [0.3, 0.4) is 0 Å². The van der Waals surface area contributed by atoms with Crippen molar-refractivity contribution in [2.75, 3.05) is 11.9 Å². The maximum Gasteiger partial charge on any atom is 0.253 e. The first-order valence-corrected chi connectivity index (χ1v) is 9.03. The molecule has 3 aromatic rings. The zero-order valence-corrected chi connectivity index (χ0v) is 14.9. The van der Waals surface area contributed by atoms with Crippen molar-refractivity contribution in [1.29, 1.82) is 0 Å². The number of nitrogens with zero attached hydrogens (tertiary/aromatic N) is 2. The van der Waals surface area contributed by atoms with Crippen LogP contribution < -0.4 is 15.8 Å². The van der Waals surface area contributed by atoms with Crippen LogP contribution in [0.15, 0.2) is 54.9 Å². The SMILES string of the molecule is NC[C@H]1CC[C@@H](C(=O)Nc2cccc(OCc3cn4ccccc4n3)c2)O1. The van der Waals surface area contributed by atoms with E-state index in [1.54, 1.807) is 6.07 Å². The number of aromatic nitrogens is 2. The van der Waals surface area contributed by atoms with E-state index in [0.717, 1.165) is 17.8 Å². The Kier molecular flexibility index (Phi) is 5.04. The van der Waals surface area contributed by atoms with Crippen LogP contribution in [-0.4, -0.2) is 34.0 Å². The Morgan fingerprint density at radius 3 is 3.04 bits per heavy atom. The van der Waals surface area contributed by atoms with Crippen molar-refractivity contribution in [3.05, 3.63) is 60.6 Å². The molecule has 7 nitrogen and oxygen atoms in total. The Hall–Kier alpha value is -2.90. The van der Waals surface area contributed by atoms with Gasteiger partial charge in [0, 0.05) is 30.7 Å². The predicted molar refractivity (Wildman–Crippen MR) is 102 cm³/mol. The Labute approximate surface area is 157 Å². The highest BCUT2D eigenvalue weighted by Gasteiger charge is 2.29. The lowest BCUT2D eigenvalue weighted by atomic mass is 10.2. The molecule has 2 atom stereocenters. The number of imidazole rings is 1. The zero-order valence-electron chi connectivity index (χ0n) is 14.9. The van der Waals surface area contributed by atoms with Gasteiger partial charge in [0.2, 0.25) is 0 Å². The first-order valence-electron chi connectivity index (χ1n) is 9.03. The summed E-state index contributed by atoms with van der Waals surface area (Å²) in [6.45, 7) is 0.791. The van der Waals surface area contributed by atoms with Crippen molar-refractivity contribution in [2.24, 2.45) is 5.73 Å². The number of pyridine rings is 1. The fourth-order valence-corrected chi connectivity index (χ4v) is 3.17. The van der Waals surface area contributed by atoms with Crippen LogP contribution in [0.4, 0.5) is 5.69 Å². The molecule has 140 valence electrons. The second-order valence-corrected chi connectivity index (χ2v) is 6.56. The molecule has 0 unspecified atom stereocenters. The molecule has 2 aromatic heterocycles. The molecule has 1 fully saturated rings. The monoisotopic (exact) mass is 366 g/mol. The van der Waals surface area contributed by atoms with E-state index in [4.69, 9.17) is 15.2 Å². The molecule has 4 rings (SSSR count). The van der Waals surface area contributed by atoms with Crippen molar-refractivity contribution in [1.82, 2.24) is 9.38 Å². The molecular formula is C20H22N4O3. The molecule has 3 heterocycles. The molecule has 3 N–H and O–H groups in total. The van der Waals surface area contributed by atoms with Crippen LogP contribution in [0.1, 0.15) is 18.5 Å². The third-order valence-electron chi connectivity index (χ3n) is 4.57. The average molecular weight is 366 g/mol. The van der Waals surface area contributed by atoms with Crippen LogP contribution in [0.5, 0.6) is 5.75 Å². The van der Waals surface area contributed by atoms with E-state index < -0.39 is 6.10 Å². The molecule has 27 heavy (non-hydrogen) atoms. The molecule has 7 heteroatoms. The quantitative estimate of drug-likeness (QED) is 0.699. The van der Waals surface area contributed by atoms with Gasteiger partial charge in [0.25, 0.3) is 5.91 Å². The van der Waals surface area contributed by atoms with E-state index in [0.29, 0.717) is 31.0 Å². The van der Waals surface area contributed by atoms with E-state index in [2.05, 4.69) is 10.3 Å². The minimum absolute atomic E-state index is 0.0270. The number of carbonyl (C=O) groups excluding carboxylic acids is 1. The van der Waals surface area contributed by atoms with Crippen LogP contribution in [0.2, 0.25) is 0 Å². The summed E-state index contributed by atoms with van der Waals surface area (Å²) in [7, 11) is 0. The molecule has 0 radical (unpaired) electrons. The first kappa shape index (κ1) is 17.5. The van der Waals surface area contributed by atoms with Gasteiger partial charge >= 0.3 is 0 Å². The molecule has 0 saturated carbocycles. The second kappa shape index (κ2) is 7.77. The summed E-state index contributed by atoms with van der Waals surface area (Å²) in [5.41, 5.74) is 7.98. The first-order chi connectivity index (χ1) is 13.2. The van der Waals surface area contributed by atoms with Crippen LogP contribution in [0, 0.1) is 0 Å². The lowest BCUT2D eigenvalue weighted by molar-refractivity contribution is -0.126. The van der Waals surface area contributed by atoms with Crippen molar-refractivity contribution in [2.45, 2.75) is 31.7 Å². The number of nitrogens with two attached hydrogens (primary N) is 1. The standard InChI is InChI=1S/C20H22N4O3/c21-11-17-7-8-18(27-17)20(25)23-14-4-3-5-16(10-14)26-13-15-12-24-9-2-1-6-19(24)22-15/h1-6,9-10,12,17-18H,7-8,11,13,21H2,(H,23,25)/t17-,18+/m1/s1. The number of anilines is 1. The van der Waals surface area contributed by atoms with Crippen molar-refractivity contribution >= 4 is 17.2 Å². The Balaban J connectivity index is 1.36. The van der Waals surface area contributed by atoms with Crippen LogP contribution in [0.25, 0.3) is 5.65 Å². The number of fused-ring (bicyclic) bond motifs is 1. The van der Waals surface area contributed by atoms with Gasteiger partial charge in [-0.25, -0.2) is 4.98 Å². The summed E-state index contributed by atoms with van der Waals surface area (Å²) in [5.74, 6) is 0.514. The van der Waals surface area contributed by atoms with Gasteiger partial charge < -0.3 is 24.9 Å². The molecule has 1 aliphatic rings. The topological polar surface area (TPSA) is 90.9 Å². The summed E-state index contributed by atoms with van der Waals surface area (Å²) in [5, 5.41) is 2.88. The number of rotatable bonds is 6. The highest BCUT2D eigenvalue weighted by Crippen LogP contribution is 2.22. The van der Waals surface area contributed by atoms with Crippen molar-refractivity contribution in [3.63, 3.8) is 0 Å². The summed E-state index contributed by atoms with van der Waals surface area (Å²) >= 11 is 0. The Morgan fingerprint density at radius 1 is 1.30 bits per heavy atom. The van der Waals surface area contributed by atoms with Gasteiger partial charge in [-0.05, 0) is 37.1 Å². The lowest BCUT2D eigenvalue weighted by Crippen LogP contribution is -2.29. The van der Waals surface area contributed by atoms with Crippen LogP contribution in [-0.2, 0) is 16.1 Å². The molecule has 1 amide bonds. The molecule has 1 aromatic carbocycles. The second-order valence-electron chi connectivity index (χ2n) is 6.56. The summed E-state index contributed by atoms with van der Waals surface area (Å²) in [6, 6.07) is 13.2. The molecular weight excluding hydrogens is 344 g/mol. The highest BCUT2D eigenvalue weighted by atomic mass is 16.5. The van der Waals surface area contributed by atoms with Gasteiger partial charge in [-0.15, -0.1) is 0 Å². The number of amides is 1. The Bertz CT molecular complexity index is 907. The lowest BCUT2D eigenvalue weighted by Gasteiger charge is -2.13. The smallest absolute Gasteiger partial charge is 0.253 e. The van der Waals surface area contributed by atoms with E-state index in [1.807, 2.05) is 53.2 Å². The van der Waals surface area contributed by atoms with Gasteiger partial charge in [-0.3, -0.25) is 4.79 Å². The van der Waals surface area contributed by atoms with E-state index >= 15 is 0 Å². The fraction of sp³-hybridized carbons (Fsp3) is 0.300. The van der Waals surface area contributed by atoms with E-state index in [9.17, 15) is 4.79 Å². The van der Waals surface area contributed by atoms with Crippen molar-refractivity contribution < 1.29 is 14.3 Å². The number of benzene rings is 1. The third kappa shape index (κ3) is 4.10. The minimum atomic E-state index is -0.443. The van der Waals surface area contributed by atoms with Gasteiger partial charge in [0.1, 0.15) is 24.1 Å². The predicted octanol–water partition coefficient (Wildman–Crippen LogP) is 2.36. The average Bonchev–Trinajstić information content (AvgIpc) is 3.33. The number of carbonyl (C=O) groups is 1.